The van der Waals surface area contributed by atoms with E-state index < -0.39 is 0 Å². The van der Waals surface area contributed by atoms with Crippen molar-refractivity contribution >= 4 is 17.5 Å². The van der Waals surface area contributed by atoms with Crippen LogP contribution in [0.2, 0.25) is 5.02 Å². The first-order chi connectivity index (χ1) is 8.95. The summed E-state index contributed by atoms with van der Waals surface area (Å²) in [5, 5.41) is 0.732. The van der Waals surface area contributed by atoms with E-state index in [4.69, 9.17) is 22.1 Å². The molecule has 0 saturated heterocycles. The molecule has 0 radical (unpaired) electrons. The lowest BCUT2D eigenvalue weighted by Gasteiger charge is -2.26. The number of primary amides is 1. The number of aryl methyl sites for hydroxylation is 1. The molecule has 0 spiro atoms. The minimum Gasteiger partial charge on any atom is -0.383 e. The maximum atomic E-state index is 11.3. The van der Waals surface area contributed by atoms with Gasteiger partial charge in [-0.05, 0) is 31.0 Å². The van der Waals surface area contributed by atoms with Gasteiger partial charge in [-0.15, -0.1) is 0 Å². The molecule has 0 aliphatic carbocycles. The number of hydrogen-bond donors (Lipinski definition) is 1. The van der Waals surface area contributed by atoms with Gasteiger partial charge in [-0.3, -0.25) is 9.69 Å². The van der Waals surface area contributed by atoms with Crippen molar-refractivity contribution in [3.8, 4) is 0 Å². The molecule has 1 aromatic carbocycles. The van der Waals surface area contributed by atoms with Gasteiger partial charge in [0.15, 0.2) is 0 Å². The number of nitrogens with zero attached hydrogens (tertiary/aromatic N) is 1. The van der Waals surface area contributed by atoms with Crippen LogP contribution in [0.15, 0.2) is 18.2 Å². The van der Waals surface area contributed by atoms with Gasteiger partial charge in [0.05, 0.1) is 12.6 Å². The van der Waals surface area contributed by atoms with E-state index >= 15 is 0 Å². The number of carbonyl (C=O) groups excluding carboxylic acids is 1. The largest absolute Gasteiger partial charge is 0.383 e. The third-order valence-corrected chi connectivity index (χ3v) is 3.57. The molecule has 19 heavy (non-hydrogen) atoms. The monoisotopic (exact) mass is 284 g/mol. The molecule has 5 heteroatoms. The average Bonchev–Trinajstić information content (AvgIpc) is 2.37. The van der Waals surface area contributed by atoms with Crippen molar-refractivity contribution in [1.82, 2.24) is 4.90 Å². The van der Waals surface area contributed by atoms with Crippen LogP contribution in [0.4, 0.5) is 0 Å². The minimum atomic E-state index is -0.339. The Kier molecular flexibility index (Phi) is 6.28. The van der Waals surface area contributed by atoms with E-state index in [1.165, 1.54) is 0 Å². The molecule has 0 aliphatic heterocycles. The third-order valence-electron chi connectivity index (χ3n) is 3.16. The second-order valence-corrected chi connectivity index (χ2v) is 5.03. The van der Waals surface area contributed by atoms with Gasteiger partial charge in [0.25, 0.3) is 0 Å². The Balaban J connectivity index is 2.80. The fourth-order valence-corrected chi connectivity index (χ4v) is 1.97. The van der Waals surface area contributed by atoms with Gasteiger partial charge in [0.1, 0.15) is 0 Å². The minimum absolute atomic E-state index is 0.338. The average molecular weight is 285 g/mol. The summed E-state index contributed by atoms with van der Waals surface area (Å²) < 4.78 is 5.06. The number of carbonyl (C=O) groups is 1. The van der Waals surface area contributed by atoms with Crippen LogP contribution in [0, 0.1) is 6.92 Å². The normalized spacial score (nSPS) is 12.7. The molecule has 0 fully saturated rings. The molecule has 1 atom stereocenters. The van der Waals surface area contributed by atoms with Crippen LogP contribution in [0.25, 0.3) is 0 Å². The molecule has 2 N–H and O–H groups in total. The second-order valence-electron chi connectivity index (χ2n) is 4.63. The van der Waals surface area contributed by atoms with Crippen molar-refractivity contribution < 1.29 is 9.53 Å². The first-order valence-corrected chi connectivity index (χ1v) is 6.60. The fraction of sp³-hybridized carbons (Fsp3) is 0.500. The number of benzene rings is 1. The summed E-state index contributed by atoms with van der Waals surface area (Å²) in [6.45, 7) is 5.57. The zero-order valence-corrected chi connectivity index (χ0v) is 12.4. The van der Waals surface area contributed by atoms with E-state index in [0.29, 0.717) is 19.7 Å². The highest BCUT2D eigenvalue weighted by Crippen LogP contribution is 2.18. The highest BCUT2D eigenvalue weighted by molar-refractivity contribution is 6.31. The molecular formula is C14H21ClN2O2. The molecule has 106 valence electrons. The van der Waals surface area contributed by atoms with Crippen molar-refractivity contribution in [3.05, 3.63) is 34.3 Å². The van der Waals surface area contributed by atoms with Gasteiger partial charge in [-0.1, -0.05) is 23.7 Å². The molecule has 0 saturated carbocycles. The third kappa shape index (κ3) is 4.82. The highest BCUT2D eigenvalue weighted by atomic mass is 35.5. The first kappa shape index (κ1) is 16.0. The summed E-state index contributed by atoms with van der Waals surface area (Å²) >= 11 is 6.11. The second kappa shape index (κ2) is 7.48. The topological polar surface area (TPSA) is 55.6 Å². The van der Waals surface area contributed by atoms with Gasteiger partial charge < -0.3 is 10.5 Å². The van der Waals surface area contributed by atoms with Gasteiger partial charge in [0.2, 0.25) is 5.91 Å². The van der Waals surface area contributed by atoms with Crippen LogP contribution < -0.4 is 5.73 Å². The lowest BCUT2D eigenvalue weighted by atomic mass is 10.1. The number of halogens is 1. The maximum absolute atomic E-state index is 11.3. The summed E-state index contributed by atoms with van der Waals surface area (Å²) in [7, 11) is 1.63. The summed E-state index contributed by atoms with van der Waals surface area (Å²) in [5.41, 5.74) is 7.46. The SMILES string of the molecule is COCCN(Cc1ccc(C)c(Cl)c1)[C@@H](C)C(N)=O. The number of ether oxygens (including phenoxy) is 1. The number of amides is 1. The summed E-state index contributed by atoms with van der Waals surface area (Å²) in [6, 6.07) is 5.57. The molecule has 1 rings (SSSR count). The van der Waals surface area contributed by atoms with Crippen LogP contribution in [-0.4, -0.2) is 37.1 Å². The number of hydrogen-bond acceptors (Lipinski definition) is 3. The van der Waals surface area contributed by atoms with Crippen LogP contribution in [0.1, 0.15) is 18.1 Å². The van der Waals surface area contributed by atoms with Crippen molar-refractivity contribution in [1.29, 1.82) is 0 Å². The summed E-state index contributed by atoms with van der Waals surface area (Å²) in [5.74, 6) is -0.339. The Bertz CT molecular complexity index is 437. The van der Waals surface area contributed by atoms with Gasteiger partial charge in [0, 0.05) is 25.2 Å². The molecule has 0 bridgehead atoms. The predicted octanol–water partition coefficient (Wildman–Crippen LogP) is 1.97. The van der Waals surface area contributed by atoms with E-state index in [2.05, 4.69) is 0 Å². The molecule has 0 unspecified atom stereocenters. The Labute approximate surface area is 119 Å². The van der Waals surface area contributed by atoms with Gasteiger partial charge in [-0.25, -0.2) is 0 Å². The fourth-order valence-electron chi connectivity index (χ4n) is 1.77. The van der Waals surface area contributed by atoms with Crippen LogP contribution in [0.3, 0.4) is 0 Å². The molecule has 0 aliphatic rings. The molecule has 4 nitrogen and oxygen atoms in total. The summed E-state index contributed by atoms with van der Waals surface area (Å²) in [6.07, 6.45) is 0. The van der Waals surface area contributed by atoms with E-state index in [-0.39, 0.29) is 11.9 Å². The number of methoxy groups -OCH3 is 1. The molecule has 0 aromatic heterocycles. The van der Waals surface area contributed by atoms with Gasteiger partial charge >= 0.3 is 0 Å². The Morgan fingerprint density at radius 1 is 1.53 bits per heavy atom. The highest BCUT2D eigenvalue weighted by Gasteiger charge is 2.18. The quantitative estimate of drug-likeness (QED) is 0.833. The number of nitrogens with two attached hydrogens (primary N) is 1. The van der Waals surface area contributed by atoms with Crippen molar-refractivity contribution in [2.45, 2.75) is 26.4 Å². The van der Waals surface area contributed by atoms with Crippen LogP contribution in [0.5, 0.6) is 0 Å². The van der Waals surface area contributed by atoms with E-state index in [1.54, 1.807) is 14.0 Å². The van der Waals surface area contributed by atoms with Crippen molar-refractivity contribution in [2.75, 3.05) is 20.3 Å². The van der Waals surface area contributed by atoms with Crippen LogP contribution >= 0.6 is 11.6 Å². The standard InChI is InChI=1S/C14H21ClN2O2/c1-10-4-5-12(8-13(10)15)9-17(6-7-19-3)11(2)14(16)18/h4-5,8,11H,6-7,9H2,1-3H3,(H2,16,18)/t11-/m0/s1. The van der Waals surface area contributed by atoms with E-state index in [0.717, 1.165) is 16.1 Å². The first-order valence-electron chi connectivity index (χ1n) is 6.23. The lowest BCUT2D eigenvalue weighted by Crippen LogP contribution is -2.43. The van der Waals surface area contributed by atoms with Gasteiger partial charge in [-0.2, -0.15) is 0 Å². The summed E-state index contributed by atoms with van der Waals surface area (Å²) in [4.78, 5) is 13.3. The van der Waals surface area contributed by atoms with Crippen molar-refractivity contribution in [3.63, 3.8) is 0 Å². The zero-order chi connectivity index (χ0) is 14.4. The van der Waals surface area contributed by atoms with E-state index in [1.807, 2.05) is 30.0 Å². The zero-order valence-electron chi connectivity index (χ0n) is 11.6. The smallest absolute Gasteiger partial charge is 0.234 e. The molecule has 1 aromatic rings. The lowest BCUT2D eigenvalue weighted by molar-refractivity contribution is -0.123. The molecule has 0 heterocycles. The van der Waals surface area contributed by atoms with E-state index in [9.17, 15) is 4.79 Å². The molecular weight excluding hydrogens is 264 g/mol. The van der Waals surface area contributed by atoms with Crippen molar-refractivity contribution in [2.24, 2.45) is 5.73 Å². The number of rotatable bonds is 7. The Hall–Kier alpha value is -1.10. The molecule has 1 amide bonds. The van der Waals surface area contributed by atoms with Crippen LogP contribution in [-0.2, 0) is 16.1 Å². The Morgan fingerprint density at radius 3 is 2.74 bits per heavy atom. The predicted molar refractivity (Wildman–Crippen MR) is 77.1 cm³/mol. The Morgan fingerprint density at radius 2 is 2.21 bits per heavy atom. The maximum Gasteiger partial charge on any atom is 0.234 e.